The molecule has 2 atom stereocenters. The molecule has 5 heteroatoms. The van der Waals surface area contributed by atoms with Crippen LogP contribution in [0.4, 0.5) is 0 Å². The maximum absolute atomic E-state index is 12.2. The summed E-state index contributed by atoms with van der Waals surface area (Å²) in [5.74, 6) is 0.240. The molecule has 0 radical (unpaired) electrons. The van der Waals surface area contributed by atoms with Crippen molar-refractivity contribution in [3.8, 4) is 0 Å². The van der Waals surface area contributed by atoms with Crippen molar-refractivity contribution in [2.45, 2.75) is 32.5 Å². The predicted octanol–water partition coefficient (Wildman–Crippen LogP) is 1.03. The molecule has 1 heterocycles. The van der Waals surface area contributed by atoms with Crippen LogP contribution >= 0.6 is 0 Å². The molecule has 18 heavy (non-hydrogen) atoms. The van der Waals surface area contributed by atoms with Gasteiger partial charge < -0.3 is 9.47 Å². The molecule has 0 bridgehead atoms. The molecule has 0 aromatic rings. The zero-order valence-electron chi connectivity index (χ0n) is 11.2. The van der Waals surface area contributed by atoms with Crippen molar-refractivity contribution in [3.63, 3.8) is 0 Å². The normalized spacial score (nSPS) is 31.6. The second-order valence-electron chi connectivity index (χ2n) is 5.15. The molecule has 2 aliphatic rings. The molecule has 0 aromatic carbocycles. The Morgan fingerprint density at radius 1 is 1.17 bits per heavy atom. The number of rotatable bonds is 5. The maximum atomic E-state index is 12.2. The Hall–Kier alpha value is -0.940. The Morgan fingerprint density at radius 3 is 2.06 bits per heavy atom. The van der Waals surface area contributed by atoms with Crippen LogP contribution in [0.2, 0.25) is 0 Å². The summed E-state index contributed by atoms with van der Waals surface area (Å²) in [7, 11) is 3.01. The molecule has 2 fully saturated rings. The van der Waals surface area contributed by atoms with Gasteiger partial charge in [-0.15, -0.1) is 0 Å². The van der Waals surface area contributed by atoms with E-state index >= 15 is 0 Å². The predicted molar refractivity (Wildman–Crippen MR) is 64.5 cm³/mol. The average molecular weight is 255 g/mol. The quantitative estimate of drug-likeness (QED) is 0.544. The summed E-state index contributed by atoms with van der Waals surface area (Å²) in [6.45, 7) is 2.32. The highest BCUT2D eigenvalue weighted by Crippen LogP contribution is 2.44. The fourth-order valence-electron chi connectivity index (χ4n) is 3.11. The van der Waals surface area contributed by atoms with Gasteiger partial charge in [-0.1, -0.05) is 13.3 Å². The van der Waals surface area contributed by atoms with Crippen molar-refractivity contribution in [1.82, 2.24) is 4.90 Å². The number of methoxy groups -OCH3 is 2. The smallest absolute Gasteiger partial charge is 0.233 e. The summed E-state index contributed by atoms with van der Waals surface area (Å²) in [5.41, 5.74) is 0. The number of amides is 2. The second-order valence-corrected chi connectivity index (χ2v) is 5.15. The van der Waals surface area contributed by atoms with Crippen molar-refractivity contribution in [3.05, 3.63) is 0 Å². The van der Waals surface area contributed by atoms with Gasteiger partial charge in [0.15, 0.2) is 6.29 Å². The molecule has 1 aliphatic heterocycles. The zero-order valence-corrected chi connectivity index (χ0v) is 11.2. The Labute approximate surface area is 107 Å². The molecule has 2 unspecified atom stereocenters. The van der Waals surface area contributed by atoms with Gasteiger partial charge in [-0.25, -0.2) is 0 Å². The Morgan fingerprint density at radius 2 is 1.67 bits per heavy atom. The van der Waals surface area contributed by atoms with Gasteiger partial charge in [-0.3, -0.25) is 14.5 Å². The van der Waals surface area contributed by atoms with E-state index in [2.05, 4.69) is 6.92 Å². The van der Waals surface area contributed by atoms with Crippen LogP contribution in [0, 0.1) is 17.8 Å². The number of likely N-dealkylation sites (tertiary alicyclic amines) is 1. The molecule has 1 saturated carbocycles. The third kappa shape index (κ3) is 2.17. The molecular formula is C13H21NO4. The van der Waals surface area contributed by atoms with Gasteiger partial charge in [-0.2, -0.15) is 0 Å². The fraction of sp³-hybridized carbons (Fsp3) is 0.846. The minimum absolute atomic E-state index is 0.0416. The molecule has 0 N–H and O–H groups in total. The van der Waals surface area contributed by atoms with Gasteiger partial charge in [-0.05, 0) is 18.8 Å². The van der Waals surface area contributed by atoms with Crippen LogP contribution in [-0.4, -0.2) is 43.8 Å². The first-order valence-electron chi connectivity index (χ1n) is 6.53. The van der Waals surface area contributed by atoms with Gasteiger partial charge in [0.2, 0.25) is 11.8 Å². The number of hydrogen-bond donors (Lipinski definition) is 0. The molecule has 1 saturated heterocycles. The maximum Gasteiger partial charge on any atom is 0.233 e. The van der Waals surface area contributed by atoms with E-state index in [0.717, 1.165) is 19.3 Å². The van der Waals surface area contributed by atoms with Crippen LogP contribution in [0.1, 0.15) is 26.2 Å². The highest BCUT2D eigenvalue weighted by molar-refractivity contribution is 6.05. The molecule has 1 aliphatic carbocycles. The van der Waals surface area contributed by atoms with E-state index in [1.807, 2.05) is 0 Å². The van der Waals surface area contributed by atoms with Gasteiger partial charge in [0, 0.05) is 14.2 Å². The van der Waals surface area contributed by atoms with Gasteiger partial charge in [0.25, 0.3) is 0 Å². The van der Waals surface area contributed by atoms with Crippen LogP contribution in [-0.2, 0) is 19.1 Å². The van der Waals surface area contributed by atoms with Crippen molar-refractivity contribution in [2.75, 3.05) is 20.8 Å². The topological polar surface area (TPSA) is 55.8 Å². The SMILES string of the molecule is CCC1CC2C(=O)N(CC(OC)OC)C(=O)C2C1. The van der Waals surface area contributed by atoms with E-state index in [-0.39, 0.29) is 30.2 Å². The summed E-state index contributed by atoms with van der Waals surface area (Å²) in [5, 5.41) is 0. The number of carbonyl (C=O) groups excluding carboxylic acids is 2. The minimum atomic E-state index is -0.529. The molecule has 5 nitrogen and oxygen atoms in total. The van der Waals surface area contributed by atoms with E-state index in [0.29, 0.717) is 5.92 Å². The Kier molecular flexibility index (Phi) is 4.02. The van der Waals surface area contributed by atoms with Crippen molar-refractivity contribution >= 4 is 11.8 Å². The lowest BCUT2D eigenvalue weighted by Crippen LogP contribution is -2.39. The molecule has 2 rings (SSSR count). The lowest BCUT2D eigenvalue weighted by atomic mass is 10.00. The largest absolute Gasteiger partial charge is 0.354 e. The van der Waals surface area contributed by atoms with E-state index < -0.39 is 6.29 Å². The van der Waals surface area contributed by atoms with E-state index in [4.69, 9.17) is 9.47 Å². The monoisotopic (exact) mass is 255 g/mol. The Balaban J connectivity index is 2.05. The van der Waals surface area contributed by atoms with E-state index in [1.54, 1.807) is 0 Å². The molecule has 0 spiro atoms. The van der Waals surface area contributed by atoms with Crippen molar-refractivity contribution in [1.29, 1.82) is 0 Å². The molecule has 102 valence electrons. The van der Waals surface area contributed by atoms with Gasteiger partial charge in [0.1, 0.15) is 0 Å². The summed E-state index contributed by atoms with van der Waals surface area (Å²) in [4.78, 5) is 25.8. The summed E-state index contributed by atoms with van der Waals surface area (Å²) < 4.78 is 10.1. The Bertz CT molecular complexity index is 316. The lowest BCUT2D eigenvalue weighted by Gasteiger charge is -2.21. The first-order valence-corrected chi connectivity index (χ1v) is 6.53. The summed E-state index contributed by atoms with van der Waals surface area (Å²) in [6, 6.07) is 0. The highest BCUT2D eigenvalue weighted by Gasteiger charge is 2.52. The van der Waals surface area contributed by atoms with E-state index in [9.17, 15) is 9.59 Å². The third-order valence-corrected chi connectivity index (χ3v) is 4.26. The number of fused-ring (bicyclic) bond motifs is 1. The van der Waals surface area contributed by atoms with Crippen LogP contribution in [0.5, 0.6) is 0 Å². The van der Waals surface area contributed by atoms with Crippen LogP contribution in [0.25, 0.3) is 0 Å². The zero-order chi connectivity index (χ0) is 13.3. The number of ether oxygens (including phenoxy) is 2. The van der Waals surface area contributed by atoms with E-state index in [1.165, 1.54) is 19.1 Å². The highest BCUT2D eigenvalue weighted by atomic mass is 16.7. The number of nitrogens with zero attached hydrogens (tertiary/aromatic N) is 1. The van der Waals surface area contributed by atoms with Gasteiger partial charge in [0.05, 0.1) is 18.4 Å². The van der Waals surface area contributed by atoms with Gasteiger partial charge >= 0.3 is 0 Å². The average Bonchev–Trinajstić information content (AvgIpc) is 2.90. The first kappa shape index (κ1) is 13.5. The number of carbonyl (C=O) groups is 2. The summed E-state index contributed by atoms with van der Waals surface area (Å²) >= 11 is 0. The number of hydrogen-bond acceptors (Lipinski definition) is 4. The number of imide groups is 1. The van der Waals surface area contributed by atoms with Crippen molar-refractivity contribution in [2.24, 2.45) is 17.8 Å². The van der Waals surface area contributed by atoms with Crippen LogP contribution in [0.15, 0.2) is 0 Å². The summed E-state index contributed by atoms with van der Waals surface area (Å²) in [6.07, 6.45) is 2.23. The first-order chi connectivity index (χ1) is 8.62. The molecule has 0 aromatic heterocycles. The minimum Gasteiger partial charge on any atom is -0.354 e. The molecule has 2 amide bonds. The van der Waals surface area contributed by atoms with Crippen molar-refractivity contribution < 1.29 is 19.1 Å². The van der Waals surface area contributed by atoms with Crippen LogP contribution in [0.3, 0.4) is 0 Å². The third-order valence-electron chi connectivity index (χ3n) is 4.26. The van der Waals surface area contributed by atoms with Crippen LogP contribution < -0.4 is 0 Å². The lowest BCUT2D eigenvalue weighted by molar-refractivity contribution is -0.153. The standard InChI is InChI=1S/C13H21NO4/c1-4-8-5-9-10(6-8)13(16)14(12(9)15)7-11(17-2)18-3/h8-11H,4-7H2,1-3H3. The molecular weight excluding hydrogens is 234 g/mol. The fourth-order valence-corrected chi connectivity index (χ4v) is 3.11. The second kappa shape index (κ2) is 5.36.